The van der Waals surface area contributed by atoms with Gasteiger partial charge in [0.25, 0.3) is 0 Å². The Kier molecular flexibility index (Phi) is 3.73. The highest BCUT2D eigenvalue weighted by Gasteiger charge is 2.37. The molecule has 4 nitrogen and oxygen atoms in total. The summed E-state index contributed by atoms with van der Waals surface area (Å²) in [5.41, 5.74) is 5.65. The minimum absolute atomic E-state index is 0.0210. The molecule has 7 heteroatoms. The Morgan fingerprint density at radius 1 is 1.33 bits per heavy atom. The fraction of sp³-hybridized carbons (Fsp3) is 0.286. The van der Waals surface area contributed by atoms with E-state index >= 15 is 0 Å². The molecule has 0 amide bonds. The Bertz CT molecular complexity index is 744. The Morgan fingerprint density at radius 3 is 2.81 bits per heavy atom. The molecule has 2 heterocycles. The first-order chi connectivity index (χ1) is 10.00. The van der Waals surface area contributed by atoms with Gasteiger partial charge in [-0.25, -0.2) is 12.8 Å². The molecule has 0 saturated carbocycles. The molecule has 0 radical (unpaired) electrons. The van der Waals surface area contributed by atoms with E-state index in [0.717, 1.165) is 29.9 Å². The lowest BCUT2D eigenvalue weighted by molar-refractivity contribution is 0.401. The van der Waals surface area contributed by atoms with Crippen molar-refractivity contribution in [3.63, 3.8) is 0 Å². The monoisotopic (exact) mass is 326 g/mol. The maximum absolute atomic E-state index is 13.1. The van der Waals surface area contributed by atoms with Gasteiger partial charge in [0, 0.05) is 11.4 Å². The van der Waals surface area contributed by atoms with Crippen molar-refractivity contribution in [1.82, 2.24) is 4.31 Å². The van der Waals surface area contributed by atoms with Crippen LogP contribution in [0.4, 0.5) is 10.1 Å². The number of halogens is 1. The summed E-state index contributed by atoms with van der Waals surface area (Å²) in [7, 11) is -3.71. The van der Waals surface area contributed by atoms with Crippen molar-refractivity contribution in [1.29, 1.82) is 0 Å². The number of nitrogens with zero attached hydrogens (tertiary/aromatic N) is 1. The second-order valence-electron chi connectivity index (χ2n) is 4.97. The molecule has 1 aromatic carbocycles. The highest BCUT2D eigenvalue weighted by atomic mass is 32.2. The molecule has 2 N–H and O–H groups in total. The molecule has 0 bridgehead atoms. The molecule has 112 valence electrons. The van der Waals surface area contributed by atoms with Crippen LogP contribution in [0, 0.1) is 5.82 Å². The molecule has 3 rings (SSSR count). The lowest BCUT2D eigenvalue weighted by Crippen LogP contribution is -2.30. The molecule has 0 aliphatic carbocycles. The van der Waals surface area contributed by atoms with E-state index in [0.29, 0.717) is 6.54 Å². The molecule has 21 heavy (non-hydrogen) atoms. The zero-order valence-electron chi connectivity index (χ0n) is 11.2. The average Bonchev–Trinajstić information content (AvgIpc) is 3.09. The van der Waals surface area contributed by atoms with Crippen molar-refractivity contribution < 1.29 is 12.8 Å². The van der Waals surface area contributed by atoms with Gasteiger partial charge in [-0.15, -0.1) is 11.3 Å². The van der Waals surface area contributed by atoms with E-state index in [4.69, 9.17) is 5.73 Å². The Labute approximate surface area is 127 Å². The molecular weight excluding hydrogens is 311 g/mol. The van der Waals surface area contributed by atoms with Crippen molar-refractivity contribution in [2.24, 2.45) is 0 Å². The zero-order chi connectivity index (χ0) is 15.0. The first kappa shape index (κ1) is 14.5. The zero-order valence-corrected chi connectivity index (χ0v) is 12.8. The maximum atomic E-state index is 13.1. The average molecular weight is 326 g/mol. The highest BCUT2D eigenvalue weighted by Crippen LogP contribution is 2.39. The minimum Gasteiger partial charge on any atom is -0.398 e. The maximum Gasteiger partial charge on any atom is 0.245 e. The Balaban J connectivity index is 2.01. The number of anilines is 1. The van der Waals surface area contributed by atoms with E-state index in [-0.39, 0.29) is 16.6 Å². The first-order valence-electron chi connectivity index (χ1n) is 6.60. The lowest BCUT2D eigenvalue weighted by atomic mass is 10.2. The fourth-order valence-electron chi connectivity index (χ4n) is 2.67. The van der Waals surface area contributed by atoms with Crippen molar-refractivity contribution >= 4 is 27.0 Å². The van der Waals surface area contributed by atoms with Crippen LogP contribution in [0.15, 0.2) is 40.6 Å². The number of hydrogen-bond donors (Lipinski definition) is 1. The van der Waals surface area contributed by atoms with Crippen LogP contribution in [0.2, 0.25) is 0 Å². The topological polar surface area (TPSA) is 63.4 Å². The molecule has 1 unspecified atom stereocenters. The standard InChI is InChI=1S/C14H15FN2O2S2/c15-10-5-6-14(11(16)9-10)21(18,19)17-7-1-3-12(17)13-4-2-8-20-13/h2,4-6,8-9,12H,1,3,7,16H2. The van der Waals surface area contributed by atoms with E-state index in [9.17, 15) is 12.8 Å². The molecule has 1 fully saturated rings. The van der Waals surface area contributed by atoms with Gasteiger partial charge in [0.05, 0.1) is 11.7 Å². The fourth-order valence-corrected chi connectivity index (χ4v) is 5.39. The number of thiophene rings is 1. The highest BCUT2D eigenvalue weighted by molar-refractivity contribution is 7.89. The number of benzene rings is 1. The molecule has 1 aliphatic heterocycles. The van der Waals surface area contributed by atoms with Gasteiger partial charge in [-0.1, -0.05) is 6.07 Å². The summed E-state index contributed by atoms with van der Waals surface area (Å²) in [5, 5.41) is 1.94. The minimum atomic E-state index is -3.71. The molecule has 1 atom stereocenters. The van der Waals surface area contributed by atoms with Crippen molar-refractivity contribution in [3.05, 3.63) is 46.4 Å². The van der Waals surface area contributed by atoms with Crippen LogP contribution < -0.4 is 5.73 Å². The van der Waals surface area contributed by atoms with Crippen LogP contribution in [0.3, 0.4) is 0 Å². The van der Waals surface area contributed by atoms with E-state index in [2.05, 4.69) is 0 Å². The van der Waals surface area contributed by atoms with Gasteiger partial charge in [0.15, 0.2) is 0 Å². The SMILES string of the molecule is Nc1cc(F)ccc1S(=O)(=O)N1CCCC1c1cccs1. The lowest BCUT2D eigenvalue weighted by Gasteiger charge is -2.24. The van der Waals surface area contributed by atoms with Gasteiger partial charge in [-0.3, -0.25) is 0 Å². The van der Waals surface area contributed by atoms with Crippen molar-refractivity contribution in [2.45, 2.75) is 23.8 Å². The van der Waals surface area contributed by atoms with Gasteiger partial charge in [0.2, 0.25) is 10.0 Å². The molecule has 1 aromatic heterocycles. The van der Waals surface area contributed by atoms with Crippen molar-refractivity contribution in [2.75, 3.05) is 12.3 Å². The molecule has 1 aliphatic rings. The van der Waals surface area contributed by atoms with Gasteiger partial charge in [0.1, 0.15) is 10.7 Å². The Morgan fingerprint density at radius 2 is 2.14 bits per heavy atom. The van der Waals surface area contributed by atoms with Crippen molar-refractivity contribution in [3.8, 4) is 0 Å². The number of nitrogen functional groups attached to an aromatic ring is 1. The summed E-state index contributed by atoms with van der Waals surface area (Å²) in [4.78, 5) is 1.00. The smallest absolute Gasteiger partial charge is 0.245 e. The predicted molar refractivity (Wildman–Crippen MR) is 81.0 cm³/mol. The van der Waals surface area contributed by atoms with Gasteiger partial charge in [-0.2, -0.15) is 4.31 Å². The number of rotatable bonds is 3. The van der Waals surface area contributed by atoms with E-state index < -0.39 is 15.8 Å². The van der Waals surface area contributed by atoms with Crippen LogP contribution in [-0.4, -0.2) is 19.3 Å². The van der Waals surface area contributed by atoms with Crippen LogP contribution in [0.1, 0.15) is 23.8 Å². The van der Waals surface area contributed by atoms with Crippen LogP contribution in [-0.2, 0) is 10.0 Å². The summed E-state index contributed by atoms with van der Waals surface area (Å²) in [6, 6.07) is 7.11. The summed E-state index contributed by atoms with van der Waals surface area (Å²) < 4.78 is 40.2. The number of sulfonamides is 1. The normalized spacial score (nSPS) is 20.0. The molecule has 2 aromatic rings. The van der Waals surface area contributed by atoms with Gasteiger partial charge in [-0.05, 0) is 42.5 Å². The van der Waals surface area contributed by atoms with E-state index in [1.54, 1.807) is 11.3 Å². The quantitative estimate of drug-likeness (QED) is 0.882. The van der Waals surface area contributed by atoms with Gasteiger partial charge >= 0.3 is 0 Å². The van der Waals surface area contributed by atoms with Gasteiger partial charge < -0.3 is 5.73 Å². The Hall–Kier alpha value is -1.44. The number of hydrogen-bond acceptors (Lipinski definition) is 4. The largest absolute Gasteiger partial charge is 0.398 e. The summed E-state index contributed by atoms with van der Waals surface area (Å²) in [6.07, 6.45) is 1.60. The predicted octanol–water partition coefficient (Wildman–Crippen LogP) is 3.00. The summed E-state index contributed by atoms with van der Waals surface area (Å²) in [5.74, 6) is -0.539. The first-order valence-corrected chi connectivity index (χ1v) is 8.92. The van der Waals surface area contributed by atoms with E-state index in [1.165, 1.54) is 10.4 Å². The second kappa shape index (κ2) is 5.40. The molecule has 1 saturated heterocycles. The summed E-state index contributed by atoms with van der Waals surface area (Å²) >= 11 is 1.54. The van der Waals surface area contributed by atoms with Crippen LogP contribution >= 0.6 is 11.3 Å². The third kappa shape index (κ3) is 2.56. The third-order valence-electron chi connectivity index (χ3n) is 3.63. The third-order valence-corrected chi connectivity index (χ3v) is 6.59. The number of nitrogens with two attached hydrogens (primary N) is 1. The van der Waals surface area contributed by atoms with E-state index in [1.807, 2.05) is 17.5 Å². The summed E-state index contributed by atoms with van der Waals surface area (Å²) in [6.45, 7) is 0.460. The molecule has 0 spiro atoms. The second-order valence-corrected chi connectivity index (χ2v) is 7.81. The van der Waals surface area contributed by atoms with Crippen LogP contribution in [0.25, 0.3) is 0 Å². The molecular formula is C14H15FN2O2S2. The van der Waals surface area contributed by atoms with Crippen LogP contribution in [0.5, 0.6) is 0 Å².